The predicted octanol–water partition coefficient (Wildman–Crippen LogP) is 4.53. The molecule has 0 aromatic rings. The smallest absolute Gasteiger partial charge is 0.132 e. The summed E-state index contributed by atoms with van der Waals surface area (Å²) in [6.45, 7) is 14.6. The van der Waals surface area contributed by atoms with Crippen LogP contribution in [0.3, 0.4) is 0 Å². The molecule has 0 heterocycles. The van der Waals surface area contributed by atoms with Crippen LogP contribution in [0.15, 0.2) is 11.6 Å². The minimum absolute atomic E-state index is 0.110. The molecule has 0 aliphatic rings. The van der Waals surface area contributed by atoms with E-state index in [0.29, 0.717) is 24.5 Å². The van der Waals surface area contributed by atoms with Crippen molar-refractivity contribution in [2.75, 3.05) is 0 Å². The fraction of sp³-hybridized carbons (Fsp3) is 0.812. The van der Waals surface area contributed by atoms with Gasteiger partial charge in [0, 0.05) is 12.8 Å². The number of ketones is 1. The van der Waals surface area contributed by atoms with E-state index in [0.717, 1.165) is 6.42 Å². The molecule has 0 spiro atoms. The summed E-state index contributed by atoms with van der Waals surface area (Å²) >= 11 is 0. The van der Waals surface area contributed by atoms with E-state index in [1.165, 1.54) is 5.57 Å². The Balaban J connectivity index is 4.34. The molecule has 0 aliphatic carbocycles. The SMILES string of the molecule is CCC(=O)CCC(C)(C)OC(C)/C(C)=C/C(C)C. The lowest BCUT2D eigenvalue weighted by atomic mass is 9.98. The van der Waals surface area contributed by atoms with Gasteiger partial charge >= 0.3 is 0 Å². The Morgan fingerprint density at radius 3 is 2.28 bits per heavy atom. The van der Waals surface area contributed by atoms with Crippen LogP contribution in [0.4, 0.5) is 0 Å². The number of ether oxygens (including phenoxy) is 1. The number of carbonyl (C=O) groups is 1. The van der Waals surface area contributed by atoms with Crippen LogP contribution in [-0.4, -0.2) is 17.5 Å². The highest BCUT2D eigenvalue weighted by atomic mass is 16.5. The van der Waals surface area contributed by atoms with Crippen LogP contribution in [0, 0.1) is 5.92 Å². The second kappa shape index (κ2) is 7.73. The summed E-state index contributed by atoms with van der Waals surface area (Å²) in [5.41, 5.74) is 1.02. The number of allylic oxidation sites excluding steroid dienone is 1. The Morgan fingerprint density at radius 2 is 1.83 bits per heavy atom. The van der Waals surface area contributed by atoms with E-state index < -0.39 is 0 Å². The lowest BCUT2D eigenvalue weighted by Gasteiger charge is -2.30. The summed E-state index contributed by atoms with van der Waals surface area (Å²) in [7, 11) is 0. The third-order valence-corrected chi connectivity index (χ3v) is 3.13. The molecule has 0 aliphatic heterocycles. The van der Waals surface area contributed by atoms with Gasteiger partial charge in [0.05, 0.1) is 11.7 Å². The van der Waals surface area contributed by atoms with Crippen molar-refractivity contribution in [3.8, 4) is 0 Å². The van der Waals surface area contributed by atoms with E-state index in [-0.39, 0.29) is 11.7 Å². The van der Waals surface area contributed by atoms with Gasteiger partial charge in [0.15, 0.2) is 0 Å². The fourth-order valence-corrected chi connectivity index (χ4v) is 1.91. The molecule has 0 saturated carbocycles. The van der Waals surface area contributed by atoms with Crippen molar-refractivity contribution in [1.29, 1.82) is 0 Å². The minimum Gasteiger partial charge on any atom is -0.368 e. The van der Waals surface area contributed by atoms with Gasteiger partial charge in [-0.05, 0) is 45.6 Å². The van der Waals surface area contributed by atoms with E-state index in [2.05, 4.69) is 47.6 Å². The molecule has 0 fully saturated rings. The molecule has 2 heteroatoms. The van der Waals surface area contributed by atoms with E-state index >= 15 is 0 Å². The van der Waals surface area contributed by atoms with Gasteiger partial charge in [0.1, 0.15) is 5.78 Å². The molecular formula is C16H30O2. The van der Waals surface area contributed by atoms with Gasteiger partial charge in [0.25, 0.3) is 0 Å². The maximum Gasteiger partial charge on any atom is 0.132 e. The number of Topliss-reactive ketones (excluding diaryl/α,β-unsaturated/α-hetero) is 1. The summed E-state index contributed by atoms with van der Waals surface area (Å²) in [6.07, 6.45) is 4.37. The maximum atomic E-state index is 11.4. The topological polar surface area (TPSA) is 26.3 Å². The molecule has 0 aromatic carbocycles. The summed E-state index contributed by atoms with van der Waals surface area (Å²) < 4.78 is 6.07. The van der Waals surface area contributed by atoms with Crippen LogP contribution in [-0.2, 0) is 9.53 Å². The lowest BCUT2D eigenvalue weighted by molar-refractivity contribution is -0.121. The first-order valence-electron chi connectivity index (χ1n) is 7.05. The minimum atomic E-state index is -0.240. The molecular weight excluding hydrogens is 224 g/mol. The normalized spacial score (nSPS) is 15.0. The van der Waals surface area contributed by atoms with Crippen LogP contribution in [0.2, 0.25) is 0 Å². The van der Waals surface area contributed by atoms with Crippen molar-refractivity contribution in [3.05, 3.63) is 11.6 Å². The van der Waals surface area contributed by atoms with Gasteiger partial charge in [-0.2, -0.15) is 0 Å². The highest BCUT2D eigenvalue weighted by molar-refractivity contribution is 5.78. The van der Waals surface area contributed by atoms with Crippen molar-refractivity contribution in [3.63, 3.8) is 0 Å². The first-order chi connectivity index (χ1) is 8.18. The highest BCUT2D eigenvalue weighted by Gasteiger charge is 2.23. The Morgan fingerprint density at radius 1 is 1.28 bits per heavy atom. The number of hydrogen-bond donors (Lipinski definition) is 0. The molecule has 0 bridgehead atoms. The Bertz CT molecular complexity index is 287. The second-order valence-corrected chi connectivity index (χ2v) is 6.07. The number of hydrogen-bond acceptors (Lipinski definition) is 2. The zero-order valence-corrected chi connectivity index (χ0v) is 13.2. The van der Waals surface area contributed by atoms with Gasteiger partial charge in [0.2, 0.25) is 0 Å². The van der Waals surface area contributed by atoms with Crippen molar-refractivity contribution in [2.45, 2.75) is 79.4 Å². The van der Waals surface area contributed by atoms with Gasteiger partial charge in [-0.3, -0.25) is 4.79 Å². The van der Waals surface area contributed by atoms with Gasteiger partial charge in [-0.1, -0.05) is 26.8 Å². The average molecular weight is 254 g/mol. The molecule has 1 atom stereocenters. The van der Waals surface area contributed by atoms with Gasteiger partial charge in [-0.15, -0.1) is 0 Å². The van der Waals surface area contributed by atoms with Crippen LogP contribution in [0.25, 0.3) is 0 Å². The van der Waals surface area contributed by atoms with E-state index in [1.54, 1.807) is 0 Å². The molecule has 18 heavy (non-hydrogen) atoms. The van der Waals surface area contributed by atoms with Gasteiger partial charge < -0.3 is 4.74 Å². The molecule has 0 saturated heterocycles. The summed E-state index contributed by atoms with van der Waals surface area (Å²) in [6, 6.07) is 0. The summed E-state index contributed by atoms with van der Waals surface area (Å²) in [4.78, 5) is 11.4. The summed E-state index contributed by atoms with van der Waals surface area (Å²) in [5, 5.41) is 0. The molecule has 0 aromatic heterocycles. The van der Waals surface area contributed by atoms with Crippen molar-refractivity contribution >= 4 is 5.78 Å². The number of rotatable bonds is 8. The molecule has 106 valence electrons. The maximum absolute atomic E-state index is 11.4. The third kappa shape index (κ3) is 7.65. The fourth-order valence-electron chi connectivity index (χ4n) is 1.91. The van der Waals surface area contributed by atoms with Crippen molar-refractivity contribution in [2.24, 2.45) is 5.92 Å². The Hall–Kier alpha value is -0.630. The zero-order chi connectivity index (χ0) is 14.3. The second-order valence-electron chi connectivity index (χ2n) is 6.07. The van der Waals surface area contributed by atoms with Crippen molar-refractivity contribution < 1.29 is 9.53 Å². The van der Waals surface area contributed by atoms with Crippen LogP contribution in [0.5, 0.6) is 0 Å². The average Bonchev–Trinajstić information content (AvgIpc) is 2.24. The largest absolute Gasteiger partial charge is 0.368 e. The predicted molar refractivity (Wildman–Crippen MR) is 77.8 cm³/mol. The van der Waals surface area contributed by atoms with Crippen LogP contribution in [0.1, 0.15) is 67.7 Å². The van der Waals surface area contributed by atoms with E-state index in [1.807, 2.05) is 6.92 Å². The molecule has 0 rings (SSSR count). The first-order valence-corrected chi connectivity index (χ1v) is 7.05. The number of carbonyl (C=O) groups excluding carboxylic acids is 1. The Labute approximate surface area is 113 Å². The zero-order valence-electron chi connectivity index (χ0n) is 13.2. The Kier molecular flexibility index (Phi) is 7.46. The molecule has 2 nitrogen and oxygen atoms in total. The lowest BCUT2D eigenvalue weighted by Crippen LogP contribution is -2.30. The molecule has 0 radical (unpaired) electrons. The van der Waals surface area contributed by atoms with E-state index in [9.17, 15) is 4.79 Å². The first kappa shape index (κ1) is 17.4. The standard InChI is InChI=1S/C16H30O2/c1-8-15(17)9-10-16(6,7)18-14(5)13(4)11-12(2)3/h11-12,14H,8-10H2,1-7H3/b13-11+. The molecule has 0 N–H and O–H groups in total. The highest BCUT2D eigenvalue weighted by Crippen LogP contribution is 2.22. The molecule has 1 unspecified atom stereocenters. The third-order valence-electron chi connectivity index (χ3n) is 3.13. The monoisotopic (exact) mass is 254 g/mol. The molecule has 0 amide bonds. The van der Waals surface area contributed by atoms with Crippen LogP contribution >= 0.6 is 0 Å². The van der Waals surface area contributed by atoms with Gasteiger partial charge in [-0.25, -0.2) is 0 Å². The quantitative estimate of drug-likeness (QED) is 0.595. The van der Waals surface area contributed by atoms with Crippen molar-refractivity contribution in [1.82, 2.24) is 0 Å². The van der Waals surface area contributed by atoms with Crippen LogP contribution < -0.4 is 0 Å². The summed E-state index contributed by atoms with van der Waals surface area (Å²) in [5.74, 6) is 0.856. The van der Waals surface area contributed by atoms with E-state index in [4.69, 9.17) is 4.74 Å².